The number of thioether (sulfide) groups is 1. The predicted molar refractivity (Wildman–Crippen MR) is 51.3 cm³/mol. The maximum absolute atomic E-state index is 11.2. The van der Waals surface area contributed by atoms with E-state index in [1.54, 1.807) is 11.6 Å². The van der Waals surface area contributed by atoms with Gasteiger partial charge in [-0.1, -0.05) is 23.4 Å². The van der Waals surface area contributed by atoms with Crippen molar-refractivity contribution in [2.75, 3.05) is 13.4 Å². The highest BCUT2D eigenvalue weighted by Gasteiger charge is 2.19. The maximum atomic E-state index is 11.2. The van der Waals surface area contributed by atoms with Crippen molar-refractivity contribution in [3.8, 4) is 0 Å². The van der Waals surface area contributed by atoms with Crippen molar-refractivity contribution in [2.45, 2.75) is 5.16 Å². The van der Waals surface area contributed by atoms with Crippen molar-refractivity contribution < 1.29 is 9.53 Å². The smallest absolute Gasteiger partial charge is 0.357 e. The van der Waals surface area contributed by atoms with Crippen LogP contribution in [0.2, 0.25) is 5.15 Å². The molecule has 1 rings (SSSR count). The van der Waals surface area contributed by atoms with Crippen molar-refractivity contribution in [3.63, 3.8) is 0 Å². The normalized spacial score (nSPS) is 10.2. The van der Waals surface area contributed by atoms with Gasteiger partial charge in [0.05, 0.1) is 7.11 Å². The fourth-order valence-electron chi connectivity index (χ4n) is 0.946. The van der Waals surface area contributed by atoms with Gasteiger partial charge in [0.2, 0.25) is 0 Å². The van der Waals surface area contributed by atoms with Crippen LogP contribution in [0.1, 0.15) is 10.5 Å². The minimum absolute atomic E-state index is 0.179. The van der Waals surface area contributed by atoms with Crippen LogP contribution in [0.25, 0.3) is 0 Å². The molecule has 0 unspecified atom stereocenters. The Morgan fingerprint density at radius 2 is 2.31 bits per heavy atom. The number of carbonyl (C=O) groups excluding carboxylic acids is 1. The molecule has 0 saturated heterocycles. The average Bonchev–Trinajstić information content (AvgIpc) is 2.40. The summed E-state index contributed by atoms with van der Waals surface area (Å²) in [6, 6.07) is 0. The summed E-state index contributed by atoms with van der Waals surface area (Å²) < 4.78 is 6.17. The fourth-order valence-corrected chi connectivity index (χ4v) is 1.83. The summed E-state index contributed by atoms with van der Waals surface area (Å²) in [5.74, 6) is -0.472. The van der Waals surface area contributed by atoms with Crippen LogP contribution in [0.4, 0.5) is 0 Å². The predicted octanol–water partition coefficient (Wildman–Crippen LogP) is 1.58. The molecule has 0 aliphatic heterocycles. The molecular formula is C7H9ClN2O2S. The highest BCUT2D eigenvalue weighted by Crippen LogP contribution is 2.22. The van der Waals surface area contributed by atoms with Crippen molar-refractivity contribution >= 4 is 29.3 Å². The molecule has 0 fully saturated rings. The Bertz CT molecular complexity index is 337. The van der Waals surface area contributed by atoms with E-state index >= 15 is 0 Å². The second kappa shape index (κ2) is 4.02. The molecule has 1 heterocycles. The second-order valence-electron chi connectivity index (χ2n) is 2.29. The van der Waals surface area contributed by atoms with Crippen LogP contribution in [0.15, 0.2) is 5.16 Å². The number of carbonyl (C=O) groups is 1. The van der Waals surface area contributed by atoms with E-state index < -0.39 is 5.97 Å². The third-order valence-corrected chi connectivity index (χ3v) is 2.57. The number of nitrogens with zero attached hydrogens (tertiary/aromatic N) is 2. The van der Waals surface area contributed by atoms with E-state index in [1.807, 2.05) is 6.26 Å². The minimum Gasteiger partial charge on any atom is -0.464 e. The van der Waals surface area contributed by atoms with Gasteiger partial charge in [0.1, 0.15) is 0 Å². The maximum Gasteiger partial charge on any atom is 0.357 e. The van der Waals surface area contributed by atoms with Crippen molar-refractivity contribution in [1.29, 1.82) is 0 Å². The van der Waals surface area contributed by atoms with Gasteiger partial charge in [-0.05, 0) is 6.26 Å². The molecule has 0 aromatic carbocycles. The van der Waals surface area contributed by atoms with Gasteiger partial charge in [0.25, 0.3) is 0 Å². The van der Waals surface area contributed by atoms with Gasteiger partial charge in [-0.15, -0.1) is 0 Å². The fraction of sp³-hybridized carbons (Fsp3) is 0.429. The molecule has 0 saturated carbocycles. The third-order valence-electron chi connectivity index (χ3n) is 1.57. The number of ether oxygens (including phenoxy) is 1. The topological polar surface area (TPSA) is 44.1 Å². The first kappa shape index (κ1) is 10.4. The lowest BCUT2D eigenvalue weighted by atomic mass is 10.5. The zero-order valence-electron chi connectivity index (χ0n) is 7.50. The van der Waals surface area contributed by atoms with Crippen LogP contribution in [-0.2, 0) is 11.8 Å². The Morgan fingerprint density at radius 3 is 2.69 bits per heavy atom. The van der Waals surface area contributed by atoms with Gasteiger partial charge in [-0.3, -0.25) is 0 Å². The lowest BCUT2D eigenvalue weighted by Gasteiger charge is -2.01. The van der Waals surface area contributed by atoms with Gasteiger partial charge < -0.3 is 9.30 Å². The van der Waals surface area contributed by atoms with Crippen LogP contribution in [0.3, 0.4) is 0 Å². The first-order chi connectivity index (χ1) is 6.11. The van der Waals surface area contributed by atoms with E-state index in [0.29, 0.717) is 5.16 Å². The molecular weight excluding hydrogens is 212 g/mol. The standard InChI is InChI=1S/C7H9ClN2O2S/c1-10-4(6(11)12-2)5(8)9-7(10)13-3/h1-3H3. The number of imidazole rings is 1. The summed E-state index contributed by atoms with van der Waals surface area (Å²) in [5.41, 5.74) is 0.286. The average molecular weight is 221 g/mol. The van der Waals surface area contributed by atoms with Crippen molar-refractivity contribution in [1.82, 2.24) is 9.55 Å². The summed E-state index contributed by atoms with van der Waals surface area (Å²) in [6.07, 6.45) is 1.86. The van der Waals surface area contributed by atoms with E-state index in [-0.39, 0.29) is 10.8 Å². The molecule has 0 aliphatic carbocycles. The van der Waals surface area contributed by atoms with Crippen molar-refractivity contribution in [2.24, 2.45) is 7.05 Å². The van der Waals surface area contributed by atoms with Gasteiger partial charge in [-0.25, -0.2) is 9.78 Å². The zero-order chi connectivity index (χ0) is 10.0. The number of rotatable bonds is 2. The molecule has 6 heteroatoms. The van der Waals surface area contributed by atoms with E-state index in [9.17, 15) is 4.79 Å². The Morgan fingerprint density at radius 1 is 1.69 bits per heavy atom. The van der Waals surface area contributed by atoms with E-state index in [0.717, 1.165) is 0 Å². The second-order valence-corrected chi connectivity index (χ2v) is 3.42. The molecule has 0 radical (unpaired) electrons. The largest absolute Gasteiger partial charge is 0.464 e. The summed E-state index contributed by atoms with van der Waals surface area (Å²) in [7, 11) is 3.03. The van der Waals surface area contributed by atoms with Crippen LogP contribution in [-0.4, -0.2) is 28.9 Å². The number of aromatic nitrogens is 2. The lowest BCUT2D eigenvalue weighted by Crippen LogP contribution is -2.08. The molecule has 1 aromatic rings. The molecule has 4 nitrogen and oxygen atoms in total. The van der Waals surface area contributed by atoms with Crippen LogP contribution in [0.5, 0.6) is 0 Å². The van der Waals surface area contributed by atoms with E-state index in [4.69, 9.17) is 11.6 Å². The van der Waals surface area contributed by atoms with Gasteiger partial charge in [0.15, 0.2) is 16.0 Å². The lowest BCUT2D eigenvalue weighted by molar-refractivity contribution is 0.0589. The number of hydrogen-bond donors (Lipinski definition) is 0. The van der Waals surface area contributed by atoms with Crippen LogP contribution in [0, 0.1) is 0 Å². The zero-order valence-corrected chi connectivity index (χ0v) is 9.07. The summed E-state index contributed by atoms with van der Waals surface area (Å²) in [6.45, 7) is 0. The van der Waals surface area contributed by atoms with Gasteiger partial charge >= 0.3 is 5.97 Å². The molecule has 72 valence electrons. The molecule has 0 atom stereocenters. The SMILES string of the molecule is COC(=O)c1c(Cl)nc(SC)n1C. The Hall–Kier alpha value is -0.680. The summed E-state index contributed by atoms with van der Waals surface area (Å²) >= 11 is 7.17. The number of halogens is 1. The molecule has 13 heavy (non-hydrogen) atoms. The first-order valence-electron chi connectivity index (χ1n) is 3.46. The molecule has 0 N–H and O–H groups in total. The van der Waals surface area contributed by atoms with Crippen LogP contribution < -0.4 is 0 Å². The molecule has 0 spiro atoms. The third kappa shape index (κ3) is 1.81. The number of methoxy groups -OCH3 is 1. The number of esters is 1. The van der Waals surface area contributed by atoms with Crippen molar-refractivity contribution in [3.05, 3.63) is 10.8 Å². The highest BCUT2D eigenvalue weighted by molar-refractivity contribution is 7.98. The van der Waals surface area contributed by atoms with E-state index in [2.05, 4.69) is 9.72 Å². The van der Waals surface area contributed by atoms with Gasteiger partial charge in [-0.2, -0.15) is 0 Å². The molecule has 0 amide bonds. The first-order valence-corrected chi connectivity index (χ1v) is 5.06. The van der Waals surface area contributed by atoms with Gasteiger partial charge in [0, 0.05) is 7.05 Å². The molecule has 0 bridgehead atoms. The summed E-state index contributed by atoms with van der Waals surface area (Å²) in [4.78, 5) is 15.2. The monoisotopic (exact) mass is 220 g/mol. The Labute approximate surface area is 85.2 Å². The number of hydrogen-bond acceptors (Lipinski definition) is 4. The van der Waals surface area contributed by atoms with E-state index in [1.165, 1.54) is 18.9 Å². The minimum atomic E-state index is -0.472. The Kier molecular flexibility index (Phi) is 3.22. The summed E-state index contributed by atoms with van der Waals surface area (Å²) in [5, 5.41) is 0.865. The Balaban J connectivity index is 3.20. The molecule has 1 aromatic heterocycles. The quantitative estimate of drug-likeness (QED) is 0.561. The van der Waals surface area contributed by atoms with Crippen LogP contribution >= 0.6 is 23.4 Å². The highest BCUT2D eigenvalue weighted by atomic mass is 35.5. The molecule has 0 aliphatic rings.